The lowest BCUT2D eigenvalue weighted by Gasteiger charge is -2.41. The van der Waals surface area contributed by atoms with Gasteiger partial charge in [0.15, 0.2) is 0 Å². The molecule has 4 rings (SSSR count). The summed E-state index contributed by atoms with van der Waals surface area (Å²) in [7, 11) is 0. The van der Waals surface area contributed by atoms with Gasteiger partial charge in [-0.1, -0.05) is 51.1 Å². The molecule has 0 saturated carbocycles. The van der Waals surface area contributed by atoms with Crippen LogP contribution in [0.25, 0.3) is 11.1 Å². The molecule has 0 fully saturated rings. The molecule has 2 atom stereocenters. The molecule has 46 heavy (non-hydrogen) atoms. The van der Waals surface area contributed by atoms with E-state index in [1.54, 1.807) is 12.3 Å². The van der Waals surface area contributed by atoms with Crippen molar-refractivity contribution in [1.82, 2.24) is 19.7 Å². The highest BCUT2D eigenvalue weighted by molar-refractivity contribution is 6.12. The van der Waals surface area contributed by atoms with Crippen LogP contribution in [0.4, 0.5) is 8.78 Å². The van der Waals surface area contributed by atoms with Gasteiger partial charge in [-0.25, -0.2) is 8.78 Å². The Hall–Kier alpha value is -4.68. The van der Waals surface area contributed by atoms with Crippen LogP contribution in [0.1, 0.15) is 44.5 Å². The number of halogens is 2. The molecule has 1 aliphatic rings. The first-order valence-corrected chi connectivity index (χ1v) is 15.0. The number of hydrogen-bond acceptors (Lipinski definition) is 6. The number of aliphatic hydroxyl groups excluding tert-OH is 1. The van der Waals surface area contributed by atoms with Gasteiger partial charge in [0.1, 0.15) is 18.2 Å². The van der Waals surface area contributed by atoms with E-state index in [4.69, 9.17) is 5.73 Å². The summed E-state index contributed by atoms with van der Waals surface area (Å²) in [6.07, 6.45) is 4.05. The quantitative estimate of drug-likeness (QED) is 0.247. The normalized spacial score (nSPS) is 14.5. The first-order valence-electron chi connectivity index (χ1n) is 15.0. The lowest BCUT2D eigenvalue weighted by Crippen LogP contribution is -2.48. The van der Waals surface area contributed by atoms with Gasteiger partial charge in [-0.05, 0) is 41.7 Å². The van der Waals surface area contributed by atoms with Gasteiger partial charge >= 0.3 is 0 Å². The minimum atomic E-state index is -1.05. The highest BCUT2D eigenvalue weighted by atomic mass is 19.1. The third-order valence-corrected chi connectivity index (χ3v) is 7.79. The van der Waals surface area contributed by atoms with E-state index < -0.39 is 59.4 Å². The minimum absolute atomic E-state index is 0.00200. The lowest BCUT2D eigenvalue weighted by molar-refractivity contribution is -0.140. The molecule has 1 aliphatic heterocycles. The average molecular weight is 636 g/mol. The summed E-state index contributed by atoms with van der Waals surface area (Å²) in [6, 6.07) is 12.7. The van der Waals surface area contributed by atoms with Crippen LogP contribution >= 0.6 is 0 Å². The Morgan fingerprint density at radius 2 is 1.70 bits per heavy atom. The van der Waals surface area contributed by atoms with Crippen molar-refractivity contribution in [3.8, 4) is 11.1 Å². The van der Waals surface area contributed by atoms with Gasteiger partial charge in [-0.15, -0.1) is 0 Å². The maximum atomic E-state index is 14.9. The summed E-state index contributed by atoms with van der Waals surface area (Å²) in [5.41, 5.74) is 7.58. The molecule has 0 spiro atoms. The molecule has 12 heteroatoms. The van der Waals surface area contributed by atoms with Crippen LogP contribution < -0.4 is 11.1 Å². The Labute approximate surface area is 266 Å². The van der Waals surface area contributed by atoms with Gasteiger partial charge in [0.2, 0.25) is 11.8 Å². The first-order chi connectivity index (χ1) is 21.8. The van der Waals surface area contributed by atoms with Gasteiger partial charge < -0.3 is 25.6 Å². The van der Waals surface area contributed by atoms with Crippen LogP contribution in [-0.2, 0) is 25.7 Å². The van der Waals surface area contributed by atoms with E-state index in [9.17, 15) is 33.1 Å². The van der Waals surface area contributed by atoms with Gasteiger partial charge in [0.05, 0.1) is 12.1 Å². The average Bonchev–Trinajstić information content (AvgIpc) is 3.57. The SMILES string of the molecule is CC(C)(C)[C@H](c1cc(-c2cc(F)ccc2F)cn1Cc1ccccc1)N(CC[C@H](N)C(=O)NCCN1C(=O)C=CC1=O)C(=O)CO. The van der Waals surface area contributed by atoms with Crippen LogP contribution in [0.3, 0.4) is 0 Å². The zero-order chi connectivity index (χ0) is 33.6. The van der Waals surface area contributed by atoms with Crippen molar-refractivity contribution >= 4 is 23.6 Å². The Morgan fingerprint density at radius 3 is 2.33 bits per heavy atom. The molecule has 0 unspecified atom stereocenters. The van der Waals surface area contributed by atoms with E-state index in [2.05, 4.69) is 5.32 Å². The molecule has 244 valence electrons. The summed E-state index contributed by atoms with van der Waals surface area (Å²) >= 11 is 0. The van der Waals surface area contributed by atoms with E-state index in [0.717, 1.165) is 40.8 Å². The van der Waals surface area contributed by atoms with Crippen LogP contribution in [0.5, 0.6) is 0 Å². The largest absolute Gasteiger partial charge is 0.387 e. The number of rotatable bonds is 13. The molecule has 0 aliphatic carbocycles. The molecule has 2 heterocycles. The Balaban J connectivity index is 1.62. The number of aromatic nitrogens is 1. The van der Waals surface area contributed by atoms with Crippen molar-refractivity contribution in [2.24, 2.45) is 11.1 Å². The van der Waals surface area contributed by atoms with Crippen molar-refractivity contribution in [1.29, 1.82) is 0 Å². The Bertz CT molecular complexity index is 1600. The monoisotopic (exact) mass is 635 g/mol. The van der Waals surface area contributed by atoms with Gasteiger partial charge in [0.25, 0.3) is 11.8 Å². The number of nitrogens with two attached hydrogens (primary N) is 1. The maximum absolute atomic E-state index is 14.9. The fourth-order valence-corrected chi connectivity index (χ4v) is 5.58. The third-order valence-electron chi connectivity index (χ3n) is 7.79. The van der Waals surface area contributed by atoms with Crippen molar-refractivity contribution < 1.29 is 33.1 Å². The number of hydrogen-bond donors (Lipinski definition) is 3. The minimum Gasteiger partial charge on any atom is -0.387 e. The number of benzene rings is 2. The molecule has 0 saturated heterocycles. The second-order valence-corrected chi connectivity index (χ2v) is 12.3. The van der Waals surface area contributed by atoms with Gasteiger partial charge in [-0.3, -0.25) is 24.1 Å². The van der Waals surface area contributed by atoms with E-state index in [1.807, 2.05) is 55.7 Å². The number of amides is 4. The van der Waals surface area contributed by atoms with E-state index in [0.29, 0.717) is 17.8 Å². The number of nitrogens with zero attached hydrogens (tertiary/aromatic N) is 3. The van der Waals surface area contributed by atoms with E-state index in [-0.39, 0.29) is 31.6 Å². The van der Waals surface area contributed by atoms with Crippen molar-refractivity contribution in [2.45, 2.75) is 45.8 Å². The predicted octanol–water partition coefficient (Wildman–Crippen LogP) is 3.15. The number of carbonyl (C=O) groups is 4. The fourth-order valence-electron chi connectivity index (χ4n) is 5.58. The first kappa shape index (κ1) is 34.2. The van der Waals surface area contributed by atoms with Crippen LogP contribution in [0.2, 0.25) is 0 Å². The molecule has 4 N–H and O–H groups in total. The molecule has 3 aromatic rings. The highest BCUT2D eigenvalue weighted by Crippen LogP contribution is 2.41. The Kier molecular flexibility index (Phi) is 10.9. The van der Waals surface area contributed by atoms with Crippen molar-refractivity contribution in [2.75, 3.05) is 26.2 Å². The topological polar surface area (TPSA) is 138 Å². The summed E-state index contributed by atoms with van der Waals surface area (Å²) in [5.74, 6) is -3.26. The van der Waals surface area contributed by atoms with Crippen LogP contribution in [0, 0.1) is 17.0 Å². The molecular formula is C34H39F2N5O5. The van der Waals surface area contributed by atoms with Crippen molar-refractivity contribution in [3.63, 3.8) is 0 Å². The van der Waals surface area contributed by atoms with Crippen LogP contribution in [-0.4, -0.2) is 75.4 Å². The Morgan fingerprint density at radius 1 is 1.02 bits per heavy atom. The number of aliphatic hydroxyl groups is 1. The molecule has 2 aromatic carbocycles. The predicted molar refractivity (Wildman–Crippen MR) is 168 cm³/mol. The van der Waals surface area contributed by atoms with E-state index >= 15 is 0 Å². The molecule has 10 nitrogen and oxygen atoms in total. The molecule has 0 radical (unpaired) electrons. The summed E-state index contributed by atoms with van der Waals surface area (Å²) in [5, 5.41) is 12.6. The second kappa shape index (κ2) is 14.6. The van der Waals surface area contributed by atoms with Crippen molar-refractivity contribution in [3.05, 3.63) is 95.8 Å². The fraction of sp³-hybridized carbons (Fsp3) is 0.353. The van der Waals surface area contributed by atoms with Crippen LogP contribution in [0.15, 0.2) is 72.9 Å². The second-order valence-electron chi connectivity index (χ2n) is 12.3. The number of nitrogens with one attached hydrogen (secondary N) is 1. The summed E-state index contributed by atoms with van der Waals surface area (Å²) < 4.78 is 31.0. The highest BCUT2D eigenvalue weighted by Gasteiger charge is 2.37. The standard InChI is InChI=1S/C34H39F2N5O5/c1-34(2,3)32(41(31(45)21-42)15-13-27(37)33(46)38-14-16-40-29(43)11-12-30(40)44)28-17-23(25-18-24(35)9-10-26(25)36)20-39(28)19-22-7-5-4-6-8-22/h4-12,17-18,20,27,32,42H,13-16,19,21,37H2,1-3H3,(H,38,46)/t27-,32-/m0/s1. The number of imide groups is 1. The maximum Gasteiger partial charge on any atom is 0.253 e. The van der Waals surface area contributed by atoms with Gasteiger partial charge in [-0.2, -0.15) is 0 Å². The lowest BCUT2D eigenvalue weighted by atomic mass is 9.82. The van der Waals surface area contributed by atoms with Gasteiger partial charge in [0, 0.05) is 61.3 Å². The third kappa shape index (κ3) is 8.12. The summed E-state index contributed by atoms with van der Waals surface area (Å²) in [4.78, 5) is 52.1. The zero-order valence-electron chi connectivity index (χ0n) is 26.1. The molecule has 4 amide bonds. The summed E-state index contributed by atoms with van der Waals surface area (Å²) in [6.45, 7) is 5.29. The zero-order valence-corrected chi connectivity index (χ0v) is 26.1. The smallest absolute Gasteiger partial charge is 0.253 e. The number of carbonyl (C=O) groups excluding carboxylic acids is 4. The van der Waals surface area contributed by atoms with E-state index in [1.165, 1.54) is 4.90 Å². The molecule has 1 aromatic heterocycles. The molecular weight excluding hydrogens is 596 g/mol. The molecule has 0 bridgehead atoms.